The van der Waals surface area contributed by atoms with Crippen molar-refractivity contribution in [2.24, 2.45) is 0 Å². The lowest BCUT2D eigenvalue weighted by Gasteiger charge is -2.10. The molecule has 130 valence electrons. The molecule has 1 aliphatic heterocycles. The number of para-hydroxylation sites is 1. The molecule has 0 radical (unpaired) electrons. The normalized spacial score (nSPS) is 16.3. The van der Waals surface area contributed by atoms with Crippen molar-refractivity contribution in [1.82, 2.24) is 9.78 Å². The Labute approximate surface area is 150 Å². The molecule has 1 unspecified atom stereocenters. The number of hydrogen-bond acceptors (Lipinski definition) is 5. The number of esters is 2. The highest BCUT2D eigenvalue weighted by atomic mass is 16.6. The molecule has 1 atom stereocenters. The Balaban J connectivity index is 1.73. The van der Waals surface area contributed by atoms with E-state index in [9.17, 15) is 9.59 Å². The maximum atomic E-state index is 12.7. The number of aromatic nitrogens is 2. The Morgan fingerprint density at radius 1 is 1.08 bits per heavy atom. The first kappa shape index (κ1) is 16.1. The maximum Gasteiger partial charge on any atom is 0.357 e. The molecule has 6 nitrogen and oxygen atoms in total. The zero-order valence-electron chi connectivity index (χ0n) is 13.9. The van der Waals surface area contributed by atoms with Crippen molar-refractivity contribution in [3.8, 4) is 16.9 Å². The summed E-state index contributed by atoms with van der Waals surface area (Å²) in [7, 11) is 0. The number of hydrogen-bond donors (Lipinski definition) is 0. The molecule has 4 rings (SSSR count). The van der Waals surface area contributed by atoms with Gasteiger partial charge in [0.15, 0.2) is 5.69 Å². The van der Waals surface area contributed by atoms with Gasteiger partial charge in [0, 0.05) is 12.0 Å². The van der Waals surface area contributed by atoms with Gasteiger partial charge in [0.2, 0.25) is 6.10 Å². The second-order valence-corrected chi connectivity index (χ2v) is 5.88. The summed E-state index contributed by atoms with van der Waals surface area (Å²) in [5, 5.41) is 4.57. The van der Waals surface area contributed by atoms with E-state index in [0.717, 1.165) is 11.3 Å². The first-order valence-electron chi connectivity index (χ1n) is 8.31. The van der Waals surface area contributed by atoms with E-state index in [-0.39, 0.29) is 12.3 Å². The molecule has 0 saturated carbocycles. The Bertz CT molecular complexity index is 935. The summed E-state index contributed by atoms with van der Waals surface area (Å²) >= 11 is 0. The molecule has 0 bridgehead atoms. The van der Waals surface area contributed by atoms with Gasteiger partial charge in [-0.05, 0) is 18.2 Å². The van der Waals surface area contributed by atoms with Crippen molar-refractivity contribution in [2.45, 2.75) is 12.5 Å². The highest BCUT2D eigenvalue weighted by Gasteiger charge is 2.32. The van der Waals surface area contributed by atoms with Gasteiger partial charge in [-0.2, -0.15) is 5.10 Å². The molecule has 0 spiro atoms. The van der Waals surface area contributed by atoms with Crippen LogP contribution in [0.15, 0.2) is 66.7 Å². The number of carbonyl (C=O) groups is 2. The van der Waals surface area contributed by atoms with Gasteiger partial charge >= 0.3 is 11.9 Å². The van der Waals surface area contributed by atoms with Crippen LogP contribution in [0.4, 0.5) is 0 Å². The van der Waals surface area contributed by atoms with Crippen LogP contribution < -0.4 is 0 Å². The van der Waals surface area contributed by atoms with Crippen molar-refractivity contribution in [2.75, 3.05) is 6.61 Å². The standard InChI is InChI=1S/C20H16N2O4/c23-19(26-18-11-12-25-20(18)24)17-13-16(14-7-3-1-4-8-14)21-22(17)15-9-5-2-6-10-15/h1-10,13,18H,11-12H2. The van der Waals surface area contributed by atoms with Crippen LogP contribution in [-0.2, 0) is 14.3 Å². The van der Waals surface area contributed by atoms with Gasteiger partial charge in [-0.25, -0.2) is 14.3 Å². The van der Waals surface area contributed by atoms with Gasteiger partial charge in [0.05, 0.1) is 18.0 Å². The first-order valence-corrected chi connectivity index (χ1v) is 8.31. The number of cyclic esters (lactones) is 1. The molecule has 1 aromatic heterocycles. The van der Waals surface area contributed by atoms with Gasteiger partial charge in [-0.3, -0.25) is 0 Å². The molecule has 26 heavy (non-hydrogen) atoms. The molecule has 0 N–H and O–H groups in total. The zero-order valence-corrected chi connectivity index (χ0v) is 13.9. The summed E-state index contributed by atoms with van der Waals surface area (Å²) in [6.07, 6.45) is -0.489. The molecular weight excluding hydrogens is 332 g/mol. The molecule has 1 saturated heterocycles. The van der Waals surface area contributed by atoms with Crippen LogP contribution >= 0.6 is 0 Å². The predicted octanol–water partition coefficient (Wildman–Crippen LogP) is 3.01. The summed E-state index contributed by atoms with van der Waals surface area (Å²) in [5.74, 6) is -1.11. The van der Waals surface area contributed by atoms with E-state index in [1.165, 1.54) is 4.68 Å². The van der Waals surface area contributed by atoms with Crippen LogP contribution in [-0.4, -0.2) is 34.4 Å². The predicted molar refractivity (Wildman–Crippen MR) is 93.8 cm³/mol. The van der Waals surface area contributed by atoms with Crippen LogP contribution in [0.5, 0.6) is 0 Å². The average molecular weight is 348 g/mol. The largest absolute Gasteiger partial charge is 0.463 e. The van der Waals surface area contributed by atoms with E-state index < -0.39 is 18.0 Å². The minimum absolute atomic E-state index is 0.259. The minimum atomic E-state index is -0.859. The molecule has 1 fully saturated rings. The number of carbonyl (C=O) groups excluding carboxylic acids is 2. The topological polar surface area (TPSA) is 70.4 Å². The molecule has 0 aliphatic carbocycles. The van der Waals surface area contributed by atoms with E-state index in [2.05, 4.69) is 5.10 Å². The van der Waals surface area contributed by atoms with Gasteiger partial charge in [0.1, 0.15) is 0 Å². The summed E-state index contributed by atoms with van der Waals surface area (Å²) in [6.45, 7) is 0.268. The van der Waals surface area contributed by atoms with E-state index in [1.807, 2.05) is 60.7 Å². The van der Waals surface area contributed by atoms with Gasteiger partial charge in [-0.1, -0.05) is 48.5 Å². The highest BCUT2D eigenvalue weighted by molar-refractivity contribution is 5.92. The molecule has 2 aromatic carbocycles. The Hall–Kier alpha value is -3.41. The third-order valence-corrected chi connectivity index (χ3v) is 4.13. The molecule has 2 heterocycles. The van der Waals surface area contributed by atoms with Crippen LogP contribution in [0.1, 0.15) is 16.9 Å². The lowest BCUT2D eigenvalue weighted by Crippen LogP contribution is -2.24. The second-order valence-electron chi connectivity index (χ2n) is 5.88. The first-order chi connectivity index (χ1) is 12.7. The summed E-state index contributed by atoms with van der Waals surface area (Å²) in [6, 6.07) is 20.5. The van der Waals surface area contributed by atoms with Crippen LogP contribution in [0, 0.1) is 0 Å². The van der Waals surface area contributed by atoms with E-state index in [1.54, 1.807) is 6.07 Å². The number of ether oxygens (including phenoxy) is 2. The number of nitrogens with zero attached hydrogens (tertiary/aromatic N) is 2. The smallest absolute Gasteiger partial charge is 0.357 e. The van der Waals surface area contributed by atoms with E-state index in [0.29, 0.717) is 12.1 Å². The molecule has 0 amide bonds. The Morgan fingerprint density at radius 2 is 1.77 bits per heavy atom. The number of benzene rings is 2. The zero-order chi connectivity index (χ0) is 17.9. The average Bonchev–Trinajstić information content (AvgIpc) is 3.30. The van der Waals surface area contributed by atoms with Crippen molar-refractivity contribution in [1.29, 1.82) is 0 Å². The van der Waals surface area contributed by atoms with Gasteiger partial charge in [-0.15, -0.1) is 0 Å². The second kappa shape index (κ2) is 6.84. The van der Waals surface area contributed by atoms with Crippen molar-refractivity contribution >= 4 is 11.9 Å². The van der Waals surface area contributed by atoms with Gasteiger partial charge in [0.25, 0.3) is 0 Å². The molecule has 6 heteroatoms. The fraction of sp³-hybridized carbons (Fsp3) is 0.150. The third kappa shape index (κ3) is 3.09. The Kier molecular flexibility index (Phi) is 4.23. The maximum absolute atomic E-state index is 12.7. The minimum Gasteiger partial charge on any atom is -0.463 e. The highest BCUT2D eigenvalue weighted by Crippen LogP contribution is 2.23. The van der Waals surface area contributed by atoms with Crippen molar-refractivity contribution < 1.29 is 19.1 Å². The summed E-state index contributed by atoms with van der Waals surface area (Å²) < 4.78 is 11.7. The molecular formula is C20H16N2O4. The van der Waals surface area contributed by atoms with E-state index >= 15 is 0 Å². The fourth-order valence-corrected chi connectivity index (χ4v) is 2.82. The lowest BCUT2D eigenvalue weighted by molar-refractivity contribution is -0.145. The van der Waals surface area contributed by atoms with Crippen LogP contribution in [0.3, 0.4) is 0 Å². The molecule has 1 aliphatic rings. The number of rotatable bonds is 4. The quantitative estimate of drug-likeness (QED) is 0.678. The monoisotopic (exact) mass is 348 g/mol. The SMILES string of the molecule is O=C(OC1CCOC1=O)c1cc(-c2ccccc2)nn1-c1ccccc1. The van der Waals surface area contributed by atoms with Crippen molar-refractivity contribution in [3.05, 3.63) is 72.4 Å². The van der Waals surface area contributed by atoms with Gasteiger partial charge < -0.3 is 9.47 Å². The summed E-state index contributed by atoms with van der Waals surface area (Å²) in [5.41, 5.74) is 2.53. The fourth-order valence-electron chi connectivity index (χ4n) is 2.82. The lowest BCUT2D eigenvalue weighted by atomic mass is 10.1. The van der Waals surface area contributed by atoms with Crippen LogP contribution in [0.25, 0.3) is 16.9 Å². The van der Waals surface area contributed by atoms with E-state index in [4.69, 9.17) is 9.47 Å². The Morgan fingerprint density at radius 3 is 2.42 bits per heavy atom. The summed E-state index contributed by atoms with van der Waals surface area (Å²) in [4.78, 5) is 24.3. The molecule has 3 aromatic rings. The van der Waals surface area contributed by atoms with Crippen molar-refractivity contribution in [3.63, 3.8) is 0 Å². The third-order valence-electron chi connectivity index (χ3n) is 4.13. The van der Waals surface area contributed by atoms with Crippen LogP contribution in [0.2, 0.25) is 0 Å².